The van der Waals surface area contributed by atoms with E-state index in [0.717, 1.165) is 125 Å². The Morgan fingerprint density at radius 3 is 1.19 bits per heavy atom. The number of anilines is 3. The largest absolute Gasteiger partial charge is 0.416 e. The lowest BCUT2D eigenvalue weighted by atomic mass is 9.99. The molecule has 0 fully saturated rings. The van der Waals surface area contributed by atoms with Crippen molar-refractivity contribution in [2.45, 2.75) is 12.4 Å². The van der Waals surface area contributed by atoms with E-state index < -0.39 is 23.5 Å². The minimum Gasteiger partial charge on any atom is -0.309 e. The SMILES string of the molecule is FC(F)(F)c1ccc(-c2ccc3c(c2)c2cc(-c4ccc(C(F)(F)F)cc4)ccc2n3-c2ccc(-c3ccc(N(c4ccc(-c5ccccc5)cc4)c4ccc(-c5ccccc5)cc4)c4nsnc34)cc2)cc1. The van der Waals surface area contributed by atoms with E-state index >= 15 is 0 Å². The van der Waals surface area contributed by atoms with Crippen LogP contribution in [0.1, 0.15) is 11.1 Å². The minimum atomic E-state index is -4.47. The van der Waals surface area contributed by atoms with Gasteiger partial charge in [0, 0.05) is 33.4 Å². The van der Waals surface area contributed by atoms with E-state index in [1.54, 1.807) is 0 Å². The number of fused-ring (bicyclic) bond motifs is 4. The highest BCUT2D eigenvalue weighted by Crippen LogP contribution is 2.44. The molecule has 73 heavy (non-hydrogen) atoms. The molecule has 0 spiro atoms. The van der Waals surface area contributed by atoms with Crippen molar-refractivity contribution in [1.82, 2.24) is 13.3 Å². The fourth-order valence-electron chi connectivity index (χ4n) is 9.72. The maximum atomic E-state index is 13.5. The first-order valence-corrected chi connectivity index (χ1v) is 24.1. The predicted molar refractivity (Wildman–Crippen MR) is 284 cm³/mol. The average Bonchev–Trinajstić information content (AvgIpc) is 4.05. The van der Waals surface area contributed by atoms with Crippen molar-refractivity contribution in [2.24, 2.45) is 0 Å². The van der Waals surface area contributed by atoms with Crippen molar-refractivity contribution < 1.29 is 26.3 Å². The number of rotatable bonds is 9. The summed E-state index contributed by atoms with van der Waals surface area (Å²) in [5.41, 5.74) is 14.3. The third kappa shape index (κ3) is 8.57. The Labute approximate surface area is 419 Å². The molecular formula is C62H38F6N4S. The van der Waals surface area contributed by atoms with Gasteiger partial charge in [-0.15, -0.1) is 0 Å². The Hall–Kier alpha value is -8.80. The quantitative estimate of drug-likeness (QED) is 0.135. The molecule has 0 aliphatic heterocycles. The van der Waals surface area contributed by atoms with Crippen molar-refractivity contribution in [2.75, 3.05) is 4.90 Å². The van der Waals surface area contributed by atoms with Gasteiger partial charge >= 0.3 is 12.4 Å². The molecule has 354 valence electrons. The molecule has 2 heterocycles. The lowest BCUT2D eigenvalue weighted by Gasteiger charge is -2.26. The monoisotopic (exact) mass is 984 g/mol. The molecule has 2 aromatic heterocycles. The van der Waals surface area contributed by atoms with Crippen molar-refractivity contribution in [3.05, 3.63) is 242 Å². The zero-order valence-electron chi connectivity index (χ0n) is 38.4. The van der Waals surface area contributed by atoms with Crippen LogP contribution in [0, 0.1) is 0 Å². The van der Waals surface area contributed by atoms with E-state index in [1.165, 1.54) is 24.3 Å². The molecule has 0 aliphatic carbocycles. The van der Waals surface area contributed by atoms with Gasteiger partial charge in [0.25, 0.3) is 0 Å². The fraction of sp³-hybridized carbons (Fsp3) is 0.0323. The summed E-state index contributed by atoms with van der Waals surface area (Å²) in [6, 6.07) is 71.7. The second-order valence-corrected chi connectivity index (χ2v) is 18.3. The van der Waals surface area contributed by atoms with Gasteiger partial charge in [-0.1, -0.05) is 133 Å². The standard InChI is InChI=1S/C62H38F6N4S/c63-61(64,65)48-23-11-43(12-24-48)46-21-34-56-54(37-46)55-38-47(44-13-25-49(26-14-44)62(66,67)68)22-35-57(55)72(56)52-31-19-45(20-32-52)53-33-36-58(60-59(53)69-73-70-60)71(50-27-15-41(16-28-50)39-7-3-1-4-8-39)51-29-17-42(18-30-51)40-9-5-2-6-10-40/h1-38H. The van der Waals surface area contributed by atoms with Gasteiger partial charge in [-0.2, -0.15) is 35.1 Å². The molecule has 12 rings (SSSR count). The van der Waals surface area contributed by atoms with Gasteiger partial charge in [0.05, 0.1) is 39.6 Å². The molecule has 10 aromatic carbocycles. The van der Waals surface area contributed by atoms with E-state index in [-0.39, 0.29) is 0 Å². The Morgan fingerprint density at radius 2 is 0.740 bits per heavy atom. The van der Waals surface area contributed by atoms with Gasteiger partial charge in [-0.05, 0) is 147 Å². The van der Waals surface area contributed by atoms with E-state index in [2.05, 4.69) is 107 Å². The summed E-state index contributed by atoms with van der Waals surface area (Å²) in [5.74, 6) is 0. The molecule has 0 saturated carbocycles. The first-order valence-electron chi connectivity index (χ1n) is 23.4. The lowest BCUT2D eigenvalue weighted by molar-refractivity contribution is -0.138. The number of benzene rings is 10. The maximum Gasteiger partial charge on any atom is 0.416 e. The van der Waals surface area contributed by atoms with Gasteiger partial charge < -0.3 is 9.47 Å². The van der Waals surface area contributed by atoms with E-state index in [1.807, 2.05) is 84.9 Å². The Morgan fingerprint density at radius 1 is 0.356 bits per heavy atom. The molecule has 0 bridgehead atoms. The molecule has 0 unspecified atom stereocenters. The highest BCUT2D eigenvalue weighted by molar-refractivity contribution is 7.00. The summed E-state index contributed by atoms with van der Waals surface area (Å²) in [7, 11) is 0. The van der Waals surface area contributed by atoms with Gasteiger partial charge in [0.2, 0.25) is 0 Å². The molecule has 11 heteroatoms. The van der Waals surface area contributed by atoms with Crippen LogP contribution in [0.5, 0.6) is 0 Å². The number of halogens is 6. The van der Waals surface area contributed by atoms with Crippen molar-refractivity contribution >= 4 is 61.6 Å². The van der Waals surface area contributed by atoms with E-state index in [0.29, 0.717) is 22.3 Å². The van der Waals surface area contributed by atoms with Crippen LogP contribution in [0.15, 0.2) is 231 Å². The molecule has 0 aliphatic rings. The summed E-state index contributed by atoms with van der Waals surface area (Å²) >= 11 is 1.16. The molecule has 0 atom stereocenters. The summed E-state index contributed by atoms with van der Waals surface area (Å²) in [5, 5.41) is 1.65. The first kappa shape index (κ1) is 45.3. The molecule has 0 radical (unpaired) electrons. The van der Waals surface area contributed by atoms with Crippen LogP contribution in [-0.4, -0.2) is 13.3 Å². The van der Waals surface area contributed by atoms with Gasteiger partial charge in [-0.25, -0.2) is 0 Å². The minimum absolute atomic E-state index is 0.609. The third-order valence-corrected chi connectivity index (χ3v) is 13.9. The van der Waals surface area contributed by atoms with Crippen LogP contribution < -0.4 is 4.90 Å². The normalized spacial score (nSPS) is 12.0. The first-order chi connectivity index (χ1) is 35.4. The van der Waals surface area contributed by atoms with Crippen LogP contribution in [0.4, 0.5) is 43.4 Å². The molecule has 4 nitrogen and oxygen atoms in total. The molecule has 0 N–H and O–H groups in total. The maximum absolute atomic E-state index is 13.5. The Bertz CT molecular complexity index is 3750. The van der Waals surface area contributed by atoms with Crippen molar-refractivity contribution in [3.63, 3.8) is 0 Å². The van der Waals surface area contributed by atoms with Crippen LogP contribution in [0.25, 0.3) is 94.2 Å². The number of aromatic nitrogens is 3. The number of nitrogens with zero attached hydrogens (tertiary/aromatic N) is 4. The zero-order chi connectivity index (χ0) is 49.8. The van der Waals surface area contributed by atoms with Gasteiger partial charge in [0.1, 0.15) is 11.0 Å². The predicted octanol–water partition coefficient (Wildman–Crippen LogP) is 18.6. The second-order valence-electron chi connectivity index (χ2n) is 17.8. The van der Waals surface area contributed by atoms with E-state index in [9.17, 15) is 26.3 Å². The summed E-state index contributed by atoms with van der Waals surface area (Å²) in [4.78, 5) is 2.22. The van der Waals surface area contributed by atoms with Crippen molar-refractivity contribution in [1.29, 1.82) is 0 Å². The molecule has 0 amide bonds. The van der Waals surface area contributed by atoms with Crippen LogP contribution in [-0.2, 0) is 12.4 Å². The Kier molecular flexibility index (Phi) is 11.2. The molecule has 0 saturated heterocycles. The summed E-state index contributed by atoms with van der Waals surface area (Å²) in [6.45, 7) is 0. The lowest BCUT2D eigenvalue weighted by Crippen LogP contribution is -2.10. The number of hydrogen-bond acceptors (Lipinski definition) is 4. The highest BCUT2D eigenvalue weighted by atomic mass is 32.1. The number of alkyl halides is 6. The average molecular weight is 985 g/mol. The van der Waals surface area contributed by atoms with Crippen LogP contribution in [0.3, 0.4) is 0 Å². The third-order valence-electron chi connectivity index (χ3n) is 13.4. The van der Waals surface area contributed by atoms with Crippen molar-refractivity contribution in [3.8, 4) is 61.3 Å². The molecule has 12 aromatic rings. The topological polar surface area (TPSA) is 34.0 Å². The smallest absolute Gasteiger partial charge is 0.309 e. The molecular weight excluding hydrogens is 947 g/mol. The summed E-state index contributed by atoms with van der Waals surface area (Å²) in [6.07, 6.45) is -8.94. The zero-order valence-corrected chi connectivity index (χ0v) is 39.2. The van der Waals surface area contributed by atoms with E-state index in [4.69, 9.17) is 8.75 Å². The van der Waals surface area contributed by atoms with Gasteiger partial charge in [-0.3, -0.25) is 0 Å². The Balaban J connectivity index is 0.934. The fourth-order valence-corrected chi connectivity index (χ4v) is 10.3. The highest BCUT2D eigenvalue weighted by Gasteiger charge is 2.31. The van der Waals surface area contributed by atoms with Gasteiger partial charge in [0.15, 0.2) is 0 Å². The van der Waals surface area contributed by atoms with Crippen LogP contribution in [0.2, 0.25) is 0 Å². The second kappa shape index (κ2) is 18.1. The van der Waals surface area contributed by atoms with Crippen LogP contribution >= 0.6 is 11.7 Å². The number of hydrogen-bond donors (Lipinski definition) is 0. The summed E-state index contributed by atoms with van der Waals surface area (Å²) < 4.78 is 92.9.